The lowest BCUT2D eigenvalue weighted by Gasteiger charge is -2.26. The number of rotatable bonds is 8. The Morgan fingerprint density at radius 1 is 0.778 bits per heavy atom. The lowest BCUT2D eigenvalue weighted by molar-refractivity contribution is -0.164. The third-order valence-corrected chi connectivity index (χ3v) is 7.14. The predicted octanol–water partition coefficient (Wildman–Crippen LogP) is 5.15. The van der Waals surface area contributed by atoms with Crippen molar-refractivity contribution in [2.24, 2.45) is 35.5 Å². The predicted molar refractivity (Wildman–Crippen MR) is 105 cm³/mol. The zero-order chi connectivity index (χ0) is 18.2. The van der Waals surface area contributed by atoms with Crippen molar-refractivity contribution in [2.75, 3.05) is 20.3 Å². The molecule has 6 unspecified atom stereocenters. The van der Waals surface area contributed by atoms with Crippen molar-refractivity contribution in [3.8, 4) is 5.75 Å². The van der Waals surface area contributed by atoms with Crippen molar-refractivity contribution in [2.45, 2.75) is 32.0 Å². The average Bonchev–Trinajstić information content (AvgIpc) is 3.49. The summed E-state index contributed by atoms with van der Waals surface area (Å²) in [5.74, 6) is 5.15. The van der Waals surface area contributed by atoms with E-state index in [1.54, 1.807) is 7.11 Å². The largest absolute Gasteiger partial charge is 0.497 e. The van der Waals surface area contributed by atoms with Crippen molar-refractivity contribution in [1.29, 1.82) is 0 Å². The molecule has 0 heterocycles. The van der Waals surface area contributed by atoms with Crippen molar-refractivity contribution in [3.63, 3.8) is 0 Å². The lowest BCUT2D eigenvalue weighted by atomic mass is 9.94. The van der Waals surface area contributed by atoms with Gasteiger partial charge in [0.2, 0.25) is 0 Å². The maximum atomic E-state index is 6.36. The molecule has 1 aromatic carbocycles. The molecule has 5 rings (SSSR count). The van der Waals surface area contributed by atoms with Crippen molar-refractivity contribution < 1.29 is 14.2 Å². The Morgan fingerprint density at radius 2 is 1.33 bits per heavy atom. The summed E-state index contributed by atoms with van der Waals surface area (Å²) >= 11 is 0. The Morgan fingerprint density at radius 3 is 1.74 bits per heavy atom. The van der Waals surface area contributed by atoms with Crippen LogP contribution in [-0.2, 0) is 9.47 Å². The fraction of sp³-hybridized carbons (Fsp3) is 0.583. The van der Waals surface area contributed by atoms with E-state index in [4.69, 9.17) is 14.2 Å². The Kier molecular flexibility index (Phi) is 4.83. The Balaban J connectivity index is 1.23. The van der Waals surface area contributed by atoms with E-state index in [1.165, 1.54) is 25.7 Å². The molecule has 0 N–H and O–H groups in total. The number of fused-ring (bicyclic) bond motifs is 4. The molecule has 27 heavy (non-hydrogen) atoms. The second kappa shape index (κ2) is 7.44. The molecule has 0 amide bonds. The number of hydrogen-bond donors (Lipinski definition) is 0. The van der Waals surface area contributed by atoms with Crippen LogP contribution < -0.4 is 4.74 Å². The molecule has 0 spiro atoms. The molecule has 0 aliphatic heterocycles. The van der Waals surface area contributed by atoms with Crippen LogP contribution in [0.5, 0.6) is 5.75 Å². The maximum Gasteiger partial charge on any atom is 0.183 e. The smallest absolute Gasteiger partial charge is 0.183 e. The van der Waals surface area contributed by atoms with Gasteiger partial charge >= 0.3 is 0 Å². The number of allylic oxidation sites excluding steroid dienone is 4. The molecule has 3 nitrogen and oxygen atoms in total. The average molecular weight is 367 g/mol. The van der Waals surface area contributed by atoms with Gasteiger partial charge in [-0.15, -0.1) is 0 Å². The summed E-state index contributed by atoms with van der Waals surface area (Å²) in [4.78, 5) is 0. The summed E-state index contributed by atoms with van der Waals surface area (Å²) < 4.78 is 18.0. The van der Waals surface area contributed by atoms with Gasteiger partial charge in [-0.1, -0.05) is 36.4 Å². The van der Waals surface area contributed by atoms with Gasteiger partial charge in [0.25, 0.3) is 0 Å². The first-order chi connectivity index (χ1) is 13.3. The van der Waals surface area contributed by atoms with Gasteiger partial charge in [0.15, 0.2) is 6.29 Å². The normalized spacial score (nSPS) is 36.6. The zero-order valence-electron chi connectivity index (χ0n) is 16.1. The number of benzene rings is 1. The van der Waals surface area contributed by atoms with Crippen LogP contribution in [0.2, 0.25) is 0 Å². The summed E-state index contributed by atoms with van der Waals surface area (Å²) in [7, 11) is 1.70. The van der Waals surface area contributed by atoms with Crippen LogP contribution in [-0.4, -0.2) is 20.3 Å². The van der Waals surface area contributed by atoms with Crippen LogP contribution in [0.3, 0.4) is 0 Å². The van der Waals surface area contributed by atoms with Gasteiger partial charge in [-0.2, -0.15) is 0 Å². The zero-order valence-corrected chi connectivity index (χ0v) is 16.1. The molecular weight excluding hydrogens is 336 g/mol. The molecule has 2 saturated carbocycles. The Bertz CT molecular complexity index is 669. The Labute approximate surface area is 162 Å². The summed E-state index contributed by atoms with van der Waals surface area (Å²) in [6, 6.07) is 8.14. The maximum absolute atomic E-state index is 6.36. The van der Waals surface area contributed by atoms with Crippen LogP contribution in [0, 0.1) is 35.5 Å². The lowest BCUT2D eigenvalue weighted by Crippen LogP contribution is -2.21. The highest BCUT2D eigenvalue weighted by molar-refractivity contribution is 5.28. The van der Waals surface area contributed by atoms with Gasteiger partial charge in [0.05, 0.1) is 20.3 Å². The van der Waals surface area contributed by atoms with Gasteiger partial charge in [-0.05, 0) is 73.3 Å². The molecule has 2 fully saturated rings. The van der Waals surface area contributed by atoms with Crippen molar-refractivity contribution >= 4 is 0 Å². The van der Waals surface area contributed by atoms with Crippen molar-refractivity contribution in [1.82, 2.24) is 0 Å². The fourth-order valence-electron chi connectivity index (χ4n) is 5.60. The van der Waals surface area contributed by atoms with Crippen LogP contribution >= 0.6 is 0 Å². The standard InChI is InChI=1S/C24H30O3/c1-25-23-8-6-18(7-9-23)24(26-14-21-12-16-2-4-19(21)10-16)27-15-22-13-17-3-5-20(22)11-17/h2-9,16-17,19-22,24H,10-15H2,1H3. The van der Waals surface area contributed by atoms with E-state index >= 15 is 0 Å². The van der Waals surface area contributed by atoms with Gasteiger partial charge in [0, 0.05) is 5.56 Å². The van der Waals surface area contributed by atoms with E-state index in [9.17, 15) is 0 Å². The van der Waals surface area contributed by atoms with Crippen molar-refractivity contribution in [3.05, 3.63) is 54.1 Å². The van der Waals surface area contributed by atoms with Crippen LogP contribution in [0.15, 0.2) is 48.6 Å². The fourth-order valence-corrected chi connectivity index (χ4v) is 5.60. The van der Waals surface area contributed by atoms with E-state index in [2.05, 4.69) is 36.4 Å². The summed E-state index contributed by atoms with van der Waals surface area (Å²) in [5.41, 5.74) is 1.09. The third kappa shape index (κ3) is 3.60. The van der Waals surface area contributed by atoms with Crippen LogP contribution in [0.4, 0.5) is 0 Å². The van der Waals surface area contributed by atoms with E-state index < -0.39 is 0 Å². The van der Waals surface area contributed by atoms with Gasteiger partial charge in [-0.3, -0.25) is 0 Å². The molecule has 0 saturated heterocycles. The summed E-state index contributed by atoms with van der Waals surface area (Å²) in [6.07, 6.45) is 14.5. The summed E-state index contributed by atoms with van der Waals surface area (Å²) in [5, 5.41) is 0. The molecule has 3 heteroatoms. The van der Waals surface area contributed by atoms with E-state index in [1.807, 2.05) is 12.1 Å². The molecular formula is C24H30O3. The quantitative estimate of drug-likeness (QED) is 0.470. The minimum atomic E-state index is -0.276. The molecule has 1 aromatic rings. The van der Waals surface area contributed by atoms with Gasteiger partial charge in [-0.25, -0.2) is 0 Å². The molecule has 0 aromatic heterocycles. The highest BCUT2D eigenvalue weighted by atomic mass is 16.7. The van der Waals surface area contributed by atoms with E-state index in [0.29, 0.717) is 23.7 Å². The van der Waals surface area contributed by atoms with Crippen LogP contribution in [0.1, 0.15) is 37.5 Å². The first-order valence-corrected chi connectivity index (χ1v) is 10.5. The second-order valence-electron chi connectivity index (χ2n) is 8.85. The highest BCUT2D eigenvalue weighted by Gasteiger charge is 2.37. The minimum absolute atomic E-state index is 0.276. The minimum Gasteiger partial charge on any atom is -0.497 e. The first kappa shape index (κ1) is 17.5. The second-order valence-corrected chi connectivity index (χ2v) is 8.85. The molecule has 4 aliphatic carbocycles. The van der Waals surface area contributed by atoms with E-state index in [0.717, 1.165) is 36.4 Å². The first-order valence-electron chi connectivity index (χ1n) is 10.5. The summed E-state index contributed by atoms with van der Waals surface area (Å²) in [6.45, 7) is 1.58. The number of ether oxygens (including phenoxy) is 3. The number of methoxy groups -OCH3 is 1. The molecule has 4 aliphatic rings. The molecule has 144 valence electrons. The van der Waals surface area contributed by atoms with Gasteiger partial charge in [0.1, 0.15) is 5.75 Å². The monoisotopic (exact) mass is 366 g/mol. The third-order valence-electron chi connectivity index (χ3n) is 7.14. The van der Waals surface area contributed by atoms with Crippen LogP contribution in [0.25, 0.3) is 0 Å². The molecule has 6 atom stereocenters. The number of hydrogen-bond acceptors (Lipinski definition) is 3. The van der Waals surface area contributed by atoms with E-state index in [-0.39, 0.29) is 6.29 Å². The highest BCUT2D eigenvalue weighted by Crippen LogP contribution is 2.45. The molecule has 0 radical (unpaired) electrons. The molecule has 4 bridgehead atoms. The Hall–Kier alpha value is -1.58. The topological polar surface area (TPSA) is 27.7 Å². The SMILES string of the molecule is COc1ccc(C(OCC2CC3C=CC2C3)OCC2CC3C=CC2C3)cc1. The van der Waals surface area contributed by atoms with Gasteiger partial charge < -0.3 is 14.2 Å².